The molecule has 0 fully saturated rings. The van der Waals surface area contributed by atoms with E-state index < -0.39 is 5.97 Å². The third kappa shape index (κ3) is 1.98. The van der Waals surface area contributed by atoms with Crippen LogP contribution in [0.25, 0.3) is 0 Å². The summed E-state index contributed by atoms with van der Waals surface area (Å²) < 4.78 is 0. The maximum absolute atomic E-state index is 9.99. The number of carboxylic acid groups (broad SMARTS) is 1. The van der Waals surface area contributed by atoms with Crippen LogP contribution in [-0.4, -0.2) is 27.8 Å². The van der Waals surface area contributed by atoms with E-state index in [0.717, 1.165) is 0 Å². The minimum Gasteiger partial charge on any atom is -0.480 e. The Hall–Kier alpha value is -1.17. The van der Waals surface area contributed by atoms with Crippen LogP contribution in [0.15, 0.2) is 5.51 Å². The molecule has 2 N–H and O–H groups in total. The second kappa shape index (κ2) is 3.11. The highest BCUT2D eigenvalue weighted by atomic mass is 32.1. The van der Waals surface area contributed by atoms with Crippen molar-refractivity contribution in [2.75, 3.05) is 11.9 Å². The summed E-state index contributed by atoms with van der Waals surface area (Å²) in [5.41, 5.74) is 1.53. The van der Waals surface area contributed by atoms with Crippen LogP contribution in [0.2, 0.25) is 0 Å². The summed E-state index contributed by atoms with van der Waals surface area (Å²) in [6.45, 7) is -0.116. The Morgan fingerprint density at radius 1 is 1.90 bits per heavy atom. The van der Waals surface area contributed by atoms with E-state index in [9.17, 15) is 4.79 Å². The van der Waals surface area contributed by atoms with E-state index >= 15 is 0 Å². The van der Waals surface area contributed by atoms with E-state index in [4.69, 9.17) is 5.11 Å². The Kier molecular flexibility index (Phi) is 2.16. The van der Waals surface area contributed by atoms with Crippen molar-refractivity contribution in [3.8, 4) is 0 Å². The lowest BCUT2D eigenvalue weighted by Gasteiger charge is -1.93. The van der Waals surface area contributed by atoms with E-state index in [0.29, 0.717) is 5.13 Å². The van der Waals surface area contributed by atoms with Gasteiger partial charge in [0, 0.05) is 0 Å². The van der Waals surface area contributed by atoms with Crippen molar-refractivity contribution >= 4 is 22.4 Å². The molecule has 0 atom stereocenters. The van der Waals surface area contributed by atoms with Gasteiger partial charge in [0.05, 0.1) is 0 Å². The number of aliphatic carboxylic acids is 1. The minimum atomic E-state index is -0.907. The molecule has 6 heteroatoms. The van der Waals surface area contributed by atoms with Crippen LogP contribution >= 0.6 is 11.3 Å². The lowest BCUT2D eigenvalue weighted by molar-refractivity contribution is -0.134. The van der Waals surface area contributed by atoms with Gasteiger partial charge in [-0.2, -0.15) is 0 Å². The first kappa shape index (κ1) is 6.94. The van der Waals surface area contributed by atoms with Crippen molar-refractivity contribution in [1.82, 2.24) is 10.2 Å². The number of aromatic nitrogens is 2. The first-order chi connectivity index (χ1) is 4.79. The predicted octanol–water partition coefficient (Wildman–Crippen LogP) is 0.0346. The summed E-state index contributed by atoms with van der Waals surface area (Å²) in [5.74, 6) is -0.907. The van der Waals surface area contributed by atoms with Gasteiger partial charge >= 0.3 is 5.97 Å². The molecule has 0 aliphatic carbocycles. The second-order valence-electron chi connectivity index (χ2n) is 1.49. The molecule has 1 rings (SSSR count). The van der Waals surface area contributed by atoms with Crippen LogP contribution in [0.3, 0.4) is 0 Å². The molecule has 5 nitrogen and oxygen atoms in total. The molecule has 54 valence electrons. The molecule has 0 unspecified atom stereocenters. The van der Waals surface area contributed by atoms with Gasteiger partial charge in [0.2, 0.25) is 5.13 Å². The Balaban J connectivity index is 2.35. The number of anilines is 1. The molecule has 0 aromatic carbocycles. The molecule has 0 bridgehead atoms. The van der Waals surface area contributed by atoms with Gasteiger partial charge in [-0.05, 0) is 0 Å². The summed E-state index contributed by atoms with van der Waals surface area (Å²) in [5, 5.41) is 18.4. The van der Waals surface area contributed by atoms with Gasteiger partial charge in [-0.15, -0.1) is 10.2 Å². The van der Waals surface area contributed by atoms with Crippen LogP contribution in [0.1, 0.15) is 0 Å². The molecule has 1 heterocycles. The third-order valence-corrected chi connectivity index (χ3v) is 1.40. The van der Waals surface area contributed by atoms with Crippen molar-refractivity contribution < 1.29 is 9.90 Å². The van der Waals surface area contributed by atoms with Gasteiger partial charge < -0.3 is 10.4 Å². The molecule has 0 aliphatic heterocycles. The molecular weight excluding hydrogens is 154 g/mol. The number of carboxylic acids is 1. The maximum atomic E-state index is 9.99. The number of hydrogen-bond acceptors (Lipinski definition) is 5. The first-order valence-corrected chi connectivity index (χ1v) is 3.39. The van der Waals surface area contributed by atoms with Crippen molar-refractivity contribution in [2.24, 2.45) is 0 Å². The number of hydrogen-bond donors (Lipinski definition) is 2. The van der Waals surface area contributed by atoms with Crippen molar-refractivity contribution in [3.63, 3.8) is 0 Å². The van der Waals surface area contributed by atoms with Crippen LogP contribution < -0.4 is 5.32 Å². The van der Waals surface area contributed by atoms with Gasteiger partial charge in [-0.25, -0.2) is 0 Å². The maximum Gasteiger partial charge on any atom is 0.322 e. The SMILES string of the molecule is O=C(O)CNc1nncs1. The highest BCUT2D eigenvalue weighted by molar-refractivity contribution is 7.13. The predicted molar refractivity (Wildman–Crippen MR) is 36.0 cm³/mol. The molecule has 0 spiro atoms. The summed E-state index contributed by atoms with van der Waals surface area (Å²) in [4.78, 5) is 9.99. The van der Waals surface area contributed by atoms with E-state index in [1.54, 1.807) is 0 Å². The zero-order chi connectivity index (χ0) is 7.40. The van der Waals surface area contributed by atoms with E-state index in [2.05, 4.69) is 15.5 Å². The van der Waals surface area contributed by atoms with Gasteiger partial charge in [0.25, 0.3) is 0 Å². The third-order valence-electron chi connectivity index (χ3n) is 0.751. The first-order valence-electron chi connectivity index (χ1n) is 2.51. The Bertz CT molecular complexity index is 210. The summed E-state index contributed by atoms with van der Waals surface area (Å²) in [6.07, 6.45) is 0. The van der Waals surface area contributed by atoms with Crippen LogP contribution in [0.5, 0.6) is 0 Å². The monoisotopic (exact) mass is 159 g/mol. The van der Waals surface area contributed by atoms with E-state index in [1.165, 1.54) is 16.8 Å². The van der Waals surface area contributed by atoms with Crippen molar-refractivity contribution in [2.45, 2.75) is 0 Å². The lowest BCUT2D eigenvalue weighted by atomic mass is 10.7. The Morgan fingerprint density at radius 3 is 3.20 bits per heavy atom. The van der Waals surface area contributed by atoms with Crippen LogP contribution in [0, 0.1) is 0 Å². The topological polar surface area (TPSA) is 75.1 Å². The van der Waals surface area contributed by atoms with Gasteiger partial charge in [0.15, 0.2) is 0 Å². The zero-order valence-electron chi connectivity index (χ0n) is 4.94. The standard InChI is InChI=1S/C4H5N3O2S/c8-3(9)1-5-4-7-6-2-10-4/h2H,1H2,(H,5,7)(H,8,9). The molecular formula is C4H5N3O2S. The Labute approximate surface area is 60.7 Å². The fourth-order valence-corrected chi connectivity index (χ4v) is 0.845. The van der Waals surface area contributed by atoms with Gasteiger partial charge in [-0.1, -0.05) is 11.3 Å². The number of rotatable bonds is 3. The van der Waals surface area contributed by atoms with Gasteiger partial charge in [-0.3, -0.25) is 4.79 Å². The summed E-state index contributed by atoms with van der Waals surface area (Å²) >= 11 is 1.27. The van der Waals surface area contributed by atoms with Crippen molar-refractivity contribution in [3.05, 3.63) is 5.51 Å². The molecule has 0 aliphatic rings. The number of nitrogens with one attached hydrogen (secondary N) is 1. The Morgan fingerprint density at radius 2 is 2.70 bits per heavy atom. The zero-order valence-corrected chi connectivity index (χ0v) is 5.76. The highest BCUT2D eigenvalue weighted by Crippen LogP contribution is 2.06. The summed E-state index contributed by atoms with van der Waals surface area (Å²) in [6, 6.07) is 0. The number of carbonyl (C=O) groups is 1. The summed E-state index contributed by atoms with van der Waals surface area (Å²) in [7, 11) is 0. The fraction of sp³-hybridized carbons (Fsp3) is 0.250. The van der Waals surface area contributed by atoms with E-state index in [-0.39, 0.29) is 6.54 Å². The molecule has 1 aromatic rings. The average molecular weight is 159 g/mol. The molecule has 1 aromatic heterocycles. The minimum absolute atomic E-state index is 0.116. The molecule has 0 amide bonds. The van der Waals surface area contributed by atoms with Gasteiger partial charge in [0.1, 0.15) is 12.1 Å². The lowest BCUT2D eigenvalue weighted by Crippen LogP contribution is -2.11. The quantitative estimate of drug-likeness (QED) is 0.651. The highest BCUT2D eigenvalue weighted by Gasteiger charge is 1.97. The van der Waals surface area contributed by atoms with Crippen LogP contribution in [-0.2, 0) is 4.79 Å². The molecule has 0 radical (unpaired) electrons. The largest absolute Gasteiger partial charge is 0.480 e. The van der Waals surface area contributed by atoms with Crippen molar-refractivity contribution in [1.29, 1.82) is 0 Å². The molecule has 10 heavy (non-hydrogen) atoms. The molecule has 0 saturated heterocycles. The average Bonchev–Trinajstić information content (AvgIpc) is 2.34. The smallest absolute Gasteiger partial charge is 0.322 e. The fourth-order valence-electron chi connectivity index (χ4n) is 0.401. The van der Waals surface area contributed by atoms with Crippen LogP contribution in [0.4, 0.5) is 5.13 Å². The molecule has 0 saturated carbocycles. The van der Waals surface area contributed by atoms with E-state index in [1.807, 2.05) is 0 Å². The second-order valence-corrected chi connectivity index (χ2v) is 2.32. The normalized spacial score (nSPS) is 9.20. The number of nitrogens with zero attached hydrogens (tertiary/aromatic N) is 2.